The van der Waals surface area contributed by atoms with Crippen molar-refractivity contribution in [3.63, 3.8) is 0 Å². The van der Waals surface area contributed by atoms with E-state index in [9.17, 15) is 4.79 Å². The molecular formula is C11H19N3O2. The van der Waals surface area contributed by atoms with Crippen molar-refractivity contribution >= 4 is 11.8 Å². The van der Waals surface area contributed by atoms with Crippen molar-refractivity contribution in [1.29, 1.82) is 0 Å². The maximum Gasteiger partial charge on any atom is 0.412 e. The van der Waals surface area contributed by atoms with Crippen molar-refractivity contribution in [1.82, 2.24) is 9.78 Å². The molecule has 0 radical (unpaired) electrons. The van der Waals surface area contributed by atoms with Crippen LogP contribution in [0.3, 0.4) is 0 Å². The van der Waals surface area contributed by atoms with Gasteiger partial charge in [0, 0.05) is 13.2 Å². The van der Waals surface area contributed by atoms with E-state index in [1.165, 1.54) is 0 Å². The van der Waals surface area contributed by atoms with Crippen molar-refractivity contribution in [3.05, 3.63) is 11.9 Å². The summed E-state index contributed by atoms with van der Waals surface area (Å²) in [6, 6.07) is 0. The second kappa shape index (κ2) is 4.55. The van der Waals surface area contributed by atoms with Crippen LogP contribution in [0.2, 0.25) is 0 Å². The first-order valence-electron chi connectivity index (χ1n) is 5.34. The van der Waals surface area contributed by atoms with Gasteiger partial charge in [-0.1, -0.05) is 6.92 Å². The molecule has 0 saturated heterocycles. The molecule has 0 saturated carbocycles. The molecule has 1 amide bonds. The number of anilines is 1. The topological polar surface area (TPSA) is 56.2 Å². The number of nitrogens with one attached hydrogen (secondary N) is 1. The number of hydrogen-bond donors (Lipinski definition) is 1. The van der Waals surface area contributed by atoms with Gasteiger partial charge in [-0.15, -0.1) is 0 Å². The van der Waals surface area contributed by atoms with E-state index in [4.69, 9.17) is 4.74 Å². The summed E-state index contributed by atoms with van der Waals surface area (Å²) in [6.07, 6.45) is 2.09. The highest BCUT2D eigenvalue weighted by atomic mass is 16.6. The quantitative estimate of drug-likeness (QED) is 0.840. The molecule has 0 unspecified atom stereocenters. The maximum atomic E-state index is 11.5. The zero-order valence-corrected chi connectivity index (χ0v) is 10.5. The number of carbonyl (C=O) groups is 1. The van der Waals surface area contributed by atoms with Gasteiger partial charge in [-0.25, -0.2) is 4.79 Å². The lowest BCUT2D eigenvalue weighted by molar-refractivity contribution is 0.0636. The second-order valence-electron chi connectivity index (χ2n) is 4.64. The summed E-state index contributed by atoms with van der Waals surface area (Å²) in [7, 11) is 1.82. The highest BCUT2D eigenvalue weighted by molar-refractivity contribution is 5.85. The minimum Gasteiger partial charge on any atom is -0.444 e. The van der Waals surface area contributed by atoms with Crippen LogP contribution in [-0.2, 0) is 18.2 Å². The monoisotopic (exact) mass is 225 g/mol. The third-order valence-electron chi connectivity index (χ3n) is 1.88. The number of amides is 1. The summed E-state index contributed by atoms with van der Waals surface area (Å²) in [4.78, 5) is 11.5. The molecule has 0 fully saturated rings. The molecule has 0 aliphatic heterocycles. The number of aryl methyl sites for hydroxylation is 2. The standard InChI is InChI=1S/C11H19N3O2/c1-6-8-9(7-14(5)13-8)12-10(15)16-11(2,3)4/h7H,6H2,1-5H3,(H,12,15). The lowest BCUT2D eigenvalue weighted by Crippen LogP contribution is -2.27. The Bertz CT molecular complexity index is 377. The van der Waals surface area contributed by atoms with Gasteiger partial charge >= 0.3 is 6.09 Å². The van der Waals surface area contributed by atoms with Gasteiger partial charge in [-0.2, -0.15) is 5.10 Å². The van der Waals surface area contributed by atoms with Gasteiger partial charge in [0.15, 0.2) is 0 Å². The molecule has 0 aliphatic carbocycles. The van der Waals surface area contributed by atoms with Crippen LogP contribution >= 0.6 is 0 Å². The third-order valence-corrected chi connectivity index (χ3v) is 1.88. The fourth-order valence-electron chi connectivity index (χ4n) is 1.31. The van der Waals surface area contributed by atoms with Crippen LogP contribution in [-0.4, -0.2) is 21.5 Å². The van der Waals surface area contributed by atoms with Gasteiger partial charge in [0.05, 0.1) is 11.4 Å². The van der Waals surface area contributed by atoms with Crippen LogP contribution in [0.1, 0.15) is 33.4 Å². The van der Waals surface area contributed by atoms with E-state index in [2.05, 4.69) is 10.4 Å². The van der Waals surface area contributed by atoms with Gasteiger partial charge < -0.3 is 4.74 Å². The van der Waals surface area contributed by atoms with Crippen molar-refractivity contribution < 1.29 is 9.53 Å². The van der Waals surface area contributed by atoms with E-state index < -0.39 is 11.7 Å². The average molecular weight is 225 g/mol. The van der Waals surface area contributed by atoms with Crippen molar-refractivity contribution in [2.45, 2.75) is 39.7 Å². The van der Waals surface area contributed by atoms with Gasteiger partial charge in [-0.05, 0) is 27.2 Å². The number of aromatic nitrogens is 2. The molecule has 1 heterocycles. The van der Waals surface area contributed by atoms with Gasteiger partial charge in [0.1, 0.15) is 5.60 Å². The Hall–Kier alpha value is -1.52. The summed E-state index contributed by atoms with van der Waals surface area (Å²) in [5.74, 6) is 0. The van der Waals surface area contributed by atoms with Crippen LogP contribution in [0.25, 0.3) is 0 Å². The summed E-state index contributed by atoms with van der Waals surface area (Å²) in [5.41, 5.74) is 1.08. The van der Waals surface area contributed by atoms with E-state index in [0.29, 0.717) is 5.69 Å². The smallest absolute Gasteiger partial charge is 0.412 e. The molecule has 16 heavy (non-hydrogen) atoms. The molecule has 5 nitrogen and oxygen atoms in total. The molecule has 0 bridgehead atoms. The highest BCUT2D eigenvalue weighted by Gasteiger charge is 2.17. The SMILES string of the molecule is CCc1nn(C)cc1NC(=O)OC(C)(C)C. The Labute approximate surface area is 95.8 Å². The Balaban J connectivity index is 2.69. The van der Waals surface area contributed by atoms with Crippen molar-refractivity contribution in [3.8, 4) is 0 Å². The molecule has 0 spiro atoms. The average Bonchev–Trinajstić information content (AvgIpc) is 2.42. The summed E-state index contributed by atoms with van der Waals surface area (Å²) >= 11 is 0. The zero-order valence-electron chi connectivity index (χ0n) is 10.5. The number of nitrogens with zero attached hydrogens (tertiary/aromatic N) is 2. The first-order chi connectivity index (χ1) is 7.31. The first kappa shape index (κ1) is 12.5. The molecule has 1 N–H and O–H groups in total. The molecule has 0 aromatic carbocycles. The van der Waals surface area contributed by atoms with Crippen LogP contribution < -0.4 is 5.32 Å². The van der Waals surface area contributed by atoms with Gasteiger partial charge in [-0.3, -0.25) is 10.00 Å². The molecule has 0 aliphatic rings. The first-order valence-corrected chi connectivity index (χ1v) is 5.34. The fraction of sp³-hybridized carbons (Fsp3) is 0.636. The summed E-state index contributed by atoms with van der Waals surface area (Å²) < 4.78 is 6.84. The van der Waals surface area contributed by atoms with Gasteiger partial charge in [0.2, 0.25) is 0 Å². The highest BCUT2D eigenvalue weighted by Crippen LogP contribution is 2.15. The van der Waals surface area contributed by atoms with Crippen LogP contribution in [0.5, 0.6) is 0 Å². The minimum atomic E-state index is -0.487. The second-order valence-corrected chi connectivity index (χ2v) is 4.64. The van der Waals surface area contributed by atoms with Crippen LogP contribution in [0, 0.1) is 0 Å². The number of carbonyl (C=O) groups excluding carboxylic acids is 1. The lowest BCUT2D eigenvalue weighted by Gasteiger charge is -2.19. The molecule has 90 valence electrons. The minimum absolute atomic E-state index is 0.449. The Morgan fingerprint density at radius 2 is 2.19 bits per heavy atom. The predicted octanol–water partition coefficient (Wildman–Crippen LogP) is 2.33. The molecular weight excluding hydrogens is 206 g/mol. The van der Waals surface area contributed by atoms with Crippen molar-refractivity contribution in [2.24, 2.45) is 7.05 Å². The van der Waals surface area contributed by atoms with Crippen LogP contribution in [0.4, 0.5) is 10.5 Å². The maximum absolute atomic E-state index is 11.5. The Kier molecular flexibility index (Phi) is 3.57. The summed E-state index contributed by atoms with van der Waals surface area (Å²) in [6.45, 7) is 7.48. The molecule has 5 heteroatoms. The van der Waals surface area contributed by atoms with Crippen LogP contribution in [0.15, 0.2) is 6.20 Å². The zero-order chi connectivity index (χ0) is 12.3. The largest absolute Gasteiger partial charge is 0.444 e. The normalized spacial score (nSPS) is 11.3. The number of ether oxygens (including phenoxy) is 1. The number of hydrogen-bond acceptors (Lipinski definition) is 3. The van der Waals surface area contributed by atoms with Crippen molar-refractivity contribution in [2.75, 3.05) is 5.32 Å². The Morgan fingerprint density at radius 3 is 2.69 bits per heavy atom. The van der Waals surface area contributed by atoms with Gasteiger partial charge in [0.25, 0.3) is 0 Å². The summed E-state index contributed by atoms with van der Waals surface area (Å²) in [5, 5.41) is 6.92. The molecule has 1 aromatic rings. The Morgan fingerprint density at radius 1 is 1.56 bits per heavy atom. The van der Waals surface area contributed by atoms with E-state index >= 15 is 0 Å². The number of rotatable bonds is 2. The van der Waals surface area contributed by atoms with E-state index in [0.717, 1.165) is 12.1 Å². The van der Waals surface area contributed by atoms with E-state index in [-0.39, 0.29) is 0 Å². The molecule has 1 rings (SSSR count). The van der Waals surface area contributed by atoms with E-state index in [1.54, 1.807) is 10.9 Å². The third kappa shape index (κ3) is 3.56. The fourth-order valence-corrected chi connectivity index (χ4v) is 1.31. The van der Waals surface area contributed by atoms with E-state index in [1.807, 2.05) is 34.7 Å². The molecule has 1 aromatic heterocycles. The lowest BCUT2D eigenvalue weighted by atomic mass is 10.2. The predicted molar refractivity (Wildman–Crippen MR) is 62.4 cm³/mol. The molecule has 0 atom stereocenters.